The maximum absolute atomic E-state index is 12.5. The Morgan fingerprint density at radius 2 is 1.83 bits per heavy atom. The molecule has 0 saturated heterocycles. The summed E-state index contributed by atoms with van der Waals surface area (Å²) in [6.45, 7) is 6.87. The highest BCUT2D eigenvalue weighted by Crippen LogP contribution is 2.31. The van der Waals surface area contributed by atoms with Gasteiger partial charge >= 0.3 is 0 Å². The molecule has 2 aromatic rings. The highest BCUT2D eigenvalue weighted by molar-refractivity contribution is 7.66. The fraction of sp³-hybridized carbons (Fsp3) is 0.278. The van der Waals surface area contributed by atoms with Gasteiger partial charge in [0.2, 0.25) is 0 Å². The summed E-state index contributed by atoms with van der Waals surface area (Å²) in [7, 11) is -0.0223. The van der Waals surface area contributed by atoms with Gasteiger partial charge in [-0.25, -0.2) is 0 Å². The summed E-state index contributed by atoms with van der Waals surface area (Å²) in [6, 6.07) is 10.9. The van der Waals surface area contributed by atoms with E-state index in [9.17, 15) is 4.79 Å². The third-order valence-corrected chi connectivity index (χ3v) is 5.16. The molecule has 2 aromatic carbocycles. The smallest absolute Gasteiger partial charge is 0.188 e. The standard InChI is InChI=1S/C18H19Cl2O2P/c1-11(2)10-22-13-7-8-16(12(3)9-13)23-18(21)17-14(19)5-4-6-15(17)20/h4-9,11,23H,10H2,1-3H3. The number of carbonyl (C=O) groups is 1. The van der Waals surface area contributed by atoms with Crippen molar-refractivity contribution in [1.29, 1.82) is 0 Å². The van der Waals surface area contributed by atoms with Gasteiger partial charge in [-0.15, -0.1) is 0 Å². The van der Waals surface area contributed by atoms with E-state index in [1.54, 1.807) is 18.2 Å². The summed E-state index contributed by atoms with van der Waals surface area (Å²) in [6.07, 6.45) is 0. The molecule has 5 heteroatoms. The van der Waals surface area contributed by atoms with E-state index < -0.39 is 0 Å². The molecule has 2 rings (SSSR count). The minimum absolute atomic E-state index is 0.0223. The van der Waals surface area contributed by atoms with Gasteiger partial charge in [-0.2, -0.15) is 0 Å². The van der Waals surface area contributed by atoms with Crippen molar-refractivity contribution in [2.75, 3.05) is 6.61 Å². The van der Waals surface area contributed by atoms with Gasteiger partial charge in [-0.3, -0.25) is 4.79 Å². The molecule has 1 unspecified atom stereocenters. The predicted molar refractivity (Wildman–Crippen MR) is 100 cm³/mol. The van der Waals surface area contributed by atoms with Crippen LogP contribution in [-0.4, -0.2) is 12.1 Å². The molecule has 0 aromatic heterocycles. The highest BCUT2D eigenvalue weighted by atomic mass is 35.5. The summed E-state index contributed by atoms with van der Waals surface area (Å²) in [5.74, 6) is 1.30. The maximum Gasteiger partial charge on any atom is 0.188 e. The minimum atomic E-state index is -0.0560. The van der Waals surface area contributed by atoms with E-state index in [4.69, 9.17) is 27.9 Å². The van der Waals surface area contributed by atoms with Crippen LogP contribution in [0.25, 0.3) is 0 Å². The van der Waals surface area contributed by atoms with Gasteiger partial charge in [0.1, 0.15) is 5.75 Å². The van der Waals surface area contributed by atoms with Crippen molar-refractivity contribution in [2.45, 2.75) is 20.8 Å². The maximum atomic E-state index is 12.5. The minimum Gasteiger partial charge on any atom is -0.493 e. The van der Waals surface area contributed by atoms with E-state index in [1.165, 1.54) is 0 Å². The Bertz CT molecular complexity index is 694. The quantitative estimate of drug-likeness (QED) is 0.630. The van der Waals surface area contributed by atoms with Gasteiger partial charge < -0.3 is 4.74 Å². The summed E-state index contributed by atoms with van der Waals surface area (Å²) in [4.78, 5) is 12.5. The van der Waals surface area contributed by atoms with Crippen molar-refractivity contribution in [3.05, 3.63) is 57.6 Å². The summed E-state index contributed by atoms with van der Waals surface area (Å²) in [5, 5.41) is 1.76. The number of rotatable bonds is 6. The van der Waals surface area contributed by atoms with Crippen LogP contribution < -0.4 is 10.0 Å². The first-order chi connectivity index (χ1) is 10.9. The normalized spacial score (nSPS) is 11.4. The van der Waals surface area contributed by atoms with Crippen molar-refractivity contribution < 1.29 is 9.53 Å². The second-order valence-electron chi connectivity index (χ2n) is 5.73. The first-order valence-electron chi connectivity index (χ1n) is 7.37. The molecule has 0 saturated carbocycles. The molecule has 0 spiro atoms. The molecule has 0 aliphatic heterocycles. The average Bonchev–Trinajstić information content (AvgIpc) is 2.47. The summed E-state index contributed by atoms with van der Waals surface area (Å²) < 4.78 is 5.71. The number of aryl methyl sites for hydroxylation is 1. The van der Waals surface area contributed by atoms with Crippen LogP contribution in [-0.2, 0) is 0 Å². The van der Waals surface area contributed by atoms with Crippen LogP contribution >= 0.6 is 31.8 Å². The number of carbonyl (C=O) groups excluding carboxylic acids is 1. The first-order valence-corrected chi connectivity index (χ1v) is 9.13. The monoisotopic (exact) mass is 368 g/mol. The largest absolute Gasteiger partial charge is 0.493 e. The van der Waals surface area contributed by atoms with Crippen LogP contribution in [0, 0.1) is 12.8 Å². The molecule has 0 N–H and O–H groups in total. The third kappa shape index (κ3) is 4.94. The summed E-state index contributed by atoms with van der Waals surface area (Å²) >= 11 is 12.2. The first kappa shape index (κ1) is 18.3. The second-order valence-corrected chi connectivity index (χ2v) is 7.79. The molecule has 0 aliphatic carbocycles. The van der Waals surface area contributed by atoms with Gasteiger partial charge in [0.15, 0.2) is 5.52 Å². The Morgan fingerprint density at radius 3 is 2.39 bits per heavy atom. The molecule has 0 radical (unpaired) electrons. The van der Waals surface area contributed by atoms with Crippen molar-refractivity contribution in [2.24, 2.45) is 5.92 Å². The highest BCUT2D eigenvalue weighted by Gasteiger charge is 2.16. The van der Waals surface area contributed by atoms with E-state index in [-0.39, 0.29) is 14.1 Å². The van der Waals surface area contributed by atoms with Gasteiger partial charge in [0, 0.05) is 0 Å². The molecule has 23 heavy (non-hydrogen) atoms. The molecule has 1 atom stereocenters. The van der Waals surface area contributed by atoms with Crippen LogP contribution in [0.15, 0.2) is 36.4 Å². The van der Waals surface area contributed by atoms with E-state index in [1.807, 2.05) is 25.1 Å². The number of hydrogen-bond donors (Lipinski definition) is 0. The molecule has 0 aliphatic rings. The lowest BCUT2D eigenvalue weighted by Crippen LogP contribution is -2.08. The molecule has 122 valence electrons. The zero-order valence-electron chi connectivity index (χ0n) is 13.3. The van der Waals surface area contributed by atoms with Gasteiger partial charge in [-0.05, 0) is 56.6 Å². The molecular formula is C18H19Cl2O2P. The van der Waals surface area contributed by atoms with Gasteiger partial charge in [0.05, 0.1) is 22.2 Å². The fourth-order valence-corrected chi connectivity index (χ4v) is 3.83. The SMILES string of the molecule is Cc1cc(OCC(C)C)ccc1PC(=O)c1c(Cl)cccc1Cl. The molecular weight excluding hydrogens is 350 g/mol. The van der Waals surface area contributed by atoms with Crippen molar-refractivity contribution >= 4 is 42.6 Å². The van der Waals surface area contributed by atoms with Crippen LogP contribution in [0.3, 0.4) is 0 Å². The zero-order valence-corrected chi connectivity index (χ0v) is 15.8. The molecule has 2 nitrogen and oxygen atoms in total. The number of hydrogen-bond acceptors (Lipinski definition) is 2. The molecule has 0 heterocycles. The van der Waals surface area contributed by atoms with Crippen molar-refractivity contribution in [3.8, 4) is 5.75 Å². The lowest BCUT2D eigenvalue weighted by atomic mass is 10.2. The lowest BCUT2D eigenvalue weighted by Gasteiger charge is -2.12. The van der Waals surface area contributed by atoms with E-state index in [0.29, 0.717) is 28.1 Å². The second kappa shape index (κ2) is 8.15. The average molecular weight is 369 g/mol. The van der Waals surface area contributed by atoms with Gasteiger partial charge in [0.25, 0.3) is 0 Å². The Labute approximate surface area is 148 Å². The lowest BCUT2D eigenvalue weighted by molar-refractivity contribution is 0.108. The Morgan fingerprint density at radius 1 is 1.17 bits per heavy atom. The third-order valence-electron chi connectivity index (χ3n) is 3.22. The Balaban J connectivity index is 2.15. The zero-order chi connectivity index (χ0) is 17.0. The van der Waals surface area contributed by atoms with Crippen LogP contribution in [0.2, 0.25) is 10.0 Å². The van der Waals surface area contributed by atoms with Crippen molar-refractivity contribution in [3.63, 3.8) is 0 Å². The van der Waals surface area contributed by atoms with Crippen LogP contribution in [0.4, 0.5) is 0 Å². The van der Waals surface area contributed by atoms with E-state index in [2.05, 4.69) is 13.8 Å². The van der Waals surface area contributed by atoms with Gasteiger partial charge in [-0.1, -0.05) is 49.2 Å². The summed E-state index contributed by atoms with van der Waals surface area (Å²) in [5.41, 5.74) is 1.37. The molecule has 0 bridgehead atoms. The van der Waals surface area contributed by atoms with Crippen LogP contribution in [0.1, 0.15) is 29.8 Å². The number of halogens is 2. The fourth-order valence-electron chi connectivity index (χ4n) is 2.03. The van der Waals surface area contributed by atoms with E-state index in [0.717, 1.165) is 16.6 Å². The number of ether oxygens (including phenoxy) is 1. The Hall–Kier alpha value is -1.08. The topological polar surface area (TPSA) is 26.3 Å². The predicted octanol–water partition coefficient (Wildman–Crippen LogP) is 5.48. The number of benzene rings is 2. The van der Waals surface area contributed by atoms with Crippen molar-refractivity contribution in [1.82, 2.24) is 0 Å². The Kier molecular flexibility index (Phi) is 6.47. The van der Waals surface area contributed by atoms with Crippen LogP contribution in [0.5, 0.6) is 5.75 Å². The van der Waals surface area contributed by atoms with E-state index >= 15 is 0 Å². The molecule has 0 fully saturated rings. The molecule has 0 amide bonds.